The fourth-order valence-corrected chi connectivity index (χ4v) is 5.44. The number of fused-ring (bicyclic) bond motifs is 10. The number of aliphatic hydroxyl groups is 1. The molecule has 3 aliphatic rings. The lowest BCUT2D eigenvalue weighted by Gasteiger charge is -2.41. The van der Waals surface area contributed by atoms with Gasteiger partial charge in [-0.05, 0) is 74.5 Å². The Morgan fingerprint density at radius 1 is 1.00 bits per heavy atom. The smallest absolute Gasteiger partial charge is 0.253 e. The number of nitrogens with zero attached hydrogens (tertiary/aromatic N) is 2. The molecule has 0 saturated carbocycles. The molecule has 1 fully saturated rings. The third-order valence-electron chi connectivity index (χ3n) is 7.71. The van der Waals surface area contributed by atoms with Crippen LogP contribution < -0.4 is 4.74 Å². The van der Waals surface area contributed by atoms with Gasteiger partial charge in [-0.15, -0.1) is 0 Å². The van der Waals surface area contributed by atoms with E-state index in [4.69, 9.17) is 4.74 Å². The van der Waals surface area contributed by atoms with Gasteiger partial charge in [0.1, 0.15) is 12.4 Å². The maximum absolute atomic E-state index is 13.5. The lowest BCUT2D eigenvalue weighted by Crippen LogP contribution is -2.41. The number of aromatic nitrogens is 1. The van der Waals surface area contributed by atoms with Crippen molar-refractivity contribution in [1.82, 2.24) is 14.8 Å². The molecule has 2 bridgehead atoms. The Morgan fingerprint density at radius 2 is 1.85 bits per heavy atom. The van der Waals surface area contributed by atoms with Gasteiger partial charge < -0.3 is 19.7 Å². The molecule has 6 heteroatoms. The summed E-state index contributed by atoms with van der Waals surface area (Å²) in [6.07, 6.45) is 6.90. The van der Waals surface area contributed by atoms with Crippen LogP contribution in [0.25, 0.3) is 10.9 Å². The molecule has 1 saturated heterocycles. The van der Waals surface area contributed by atoms with Crippen LogP contribution in [-0.4, -0.2) is 65.2 Å². The highest BCUT2D eigenvalue weighted by molar-refractivity contribution is 5.98. The number of hydrogen-bond acceptors (Lipinski definition) is 4. The van der Waals surface area contributed by atoms with Crippen molar-refractivity contribution in [2.45, 2.75) is 38.6 Å². The van der Waals surface area contributed by atoms with Gasteiger partial charge in [0.15, 0.2) is 0 Å². The highest BCUT2D eigenvalue weighted by Gasteiger charge is 2.34. The van der Waals surface area contributed by atoms with Crippen molar-refractivity contribution in [3.63, 3.8) is 0 Å². The Bertz CT molecular complexity index is 1120. The quantitative estimate of drug-likeness (QED) is 0.592. The Kier molecular flexibility index (Phi) is 6.88. The summed E-state index contributed by atoms with van der Waals surface area (Å²) in [6.45, 7) is 4.82. The summed E-state index contributed by atoms with van der Waals surface area (Å²) in [6, 6.07) is 16.1. The summed E-state index contributed by atoms with van der Waals surface area (Å²) >= 11 is 0. The number of aliphatic hydroxyl groups excluding tert-OH is 1. The summed E-state index contributed by atoms with van der Waals surface area (Å²) in [4.78, 5) is 21.1. The van der Waals surface area contributed by atoms with E-state index in [1.807, 2.05) is 47.5 Å². The average molecular weight is 462 g/mol. The van der Waals surface area contributed by atoms with Gasteiger partial charge in [-0.2, -0.15) is 0 Å². The van der Waals surface area contributed by atoms with Gasteiger partial charge in [0.25, 0.3) is 5.91 Å². The zero-order chi connectivity index (χ0) is 23.4. The topological polar surface area (TPSA) is 68.8 Å². The fraction of sp³-hybridized carbons (Fsp3) is 0.464. The second kappa shape index (κ2) is 10.2. The summed E-state index contributed by atoms with van der Waals surface area (Å²) in [5.74, 6) is 0.950. The predicted molar refractivity (Wildman–Crippen MR) is 134 cm³/mol. The molecule has 0 aliphatic carbocycles. The molecule has 1 aromatic heterocycles. The van der Waals surface area contributed by atoms with Crippen molar-refractivity contribution in [2.24, 2.45) is 5.41 Å². The van der Waals surface area contributed by atoms with Crippen molar-refractivity contribution in [2.75, 3.05) is 39.4 Å². The number of aromatic amines is 1. The molecule has 6 nitrogen and oxygen atoms in total. The highest BCUT2D eigenvalue weighted by Crippen LogP contribution is 2.37. The number of piperidine rings is 1. The van der Waals surface area contributed by atoms with E-state index in [-0.39, 0.29) is 17.9 Å². The van der Waals surface area contributed by atoms with Gasteiger partial charge in [0, 0.05) is 47.9 Å². The lowest BCUT2D eigenvalue weighted by atomic mass is 9.75. The number of ether oxygens (including phenoxy) is 1. The SMILES string of the molecule is O=C(c1ccc2[nH]ccc2c1)N1CCCCC2(CO)CCN(CC2)Cc2ccccc2OCC1. The maximum atomic E-state index is 13.5. The summed E-state index contributed by atoms with van der Waals surface area (Å²) < 4.78 is 6.22. The minimum absolute atomic E-state index is 0.0147. The third-order valence-corrected chi connectivity index (χ3v) is 7.71. The number of para-hydroxylation sites is 1. The molecule has 1 amide bonds. The summed E-state index contributed by atoms with van der Waals surface area (Å²) in [5.41, 5.74) is 2.95. The normalized spacial score (nSPS) is 24.1. The van der Waals surface area contributed by atoms with Gasteiger partial charge in [-0.1, -0.05) is 24.6 Å². The van der Waals surface area contributed by atoms with Crippen molar-refractivity contribution in [1.29, 1.82) is 0 Å². The van der Waals surface area contributed by atoms with Crippen LogP contribution in [0.5, 0.6) is 5.75 Å². The number of hydrogen-bond donors (Lipinski definition) is 2. The standard InChI is InChI=1S/C28H35N3O3/c32-21-28-10-3-4-14-31(27(33)23-7-8-25-22(19-23)9-13-29-25)17-18-34-26-6-2-1-5-24(26)20-30(15-11-28)16-12-28/h1-2,5-9,13,19,29,32H,3-4,10-12,14-18,20-21H2. The van der Waals surface area contributed by atoms with Gasteiger partial charge in [-0.3, -0.25) is 9.69 Å². The first-order chi connectivity index (χ1) is 16.7. The van der Waals surface area contributed by atoms with Crippen LogP contribution in [0.3, 0.4) is 0 Å². The molecule has 2 aromatic carbocycles. The molecular weight excluding hydrogens is 426 g/mol. The van der Waals surface area contributed by atoms with Gasteiger partial charge >= 0.3 is 0 Å². The minimum atomic E-state index is 0.0147. The molecule has 0 radical (unpaired) electrons. The Labute approximate surface area is 201 Å². The van der Waals surface area contributed by atoms with E-state index < -0.39 is 0 Å². The van der Waals surface area contributed by atoms with Crippen LogP contribution in [0.2, 0.25) is 0 Å². The van der Waals surface area contributed by atoms with Crippen LogP contribution in [0.4, 0.5) is 0 Å². The lowest BCUT2D eigenvalue weighted by molar-refractivity contribution is 0.0319. The number of benzene rings is 2. The Hall–Kier alpha value is -2.83. The molecule has 0 atom stereocenters. The molecule has 6 rings (SSSR count). The van der Waals surface area contributed by atoms with Crippen molar-refractivity contribution in [3.05, 3.63) is 65.9 Å². The second-order valence-electron chi connectivity index (χ2n) is 9.92. The van der Waals surface area contributed by atoms with E-state index in [2.05, 4.69) is 22.0 Å². The number of rotatable bonds is 2. The first-order valence-electron chi connectivity index (χ1n) is 12.6. The first-order valence-corrected chi connectivity index (χ1v) is 12.6. The number of carbonyl (C=O) groups is 1. The van der Waals surface area contributed by atoms with Gasteiger partial charge in [0.2, 0.25) is 0 Å². The van der Waals surface area contributed by atoms with E-state index in [0.29, 0.717) is 25.3 Å². The van der Waals surface area contributed by atoms with E-state index in [9.17, 15) is 9.90 Å². The molecule has 0 unspecified atom stereocenters. The first kappa shape index (κ1) is 22.9. The molecule has 2 N–H and O–H groups in total. The monoisotopic (exact) mass is 461 g/mol. The van der Waals surface area contributed by atoms with Crippen molar-refractivity contribution < 1.29 is 14.6 Å². The van der Waals surface area contributed by atoms with Gasteiger partial charge in [0.05, 0.1) is 6.54 Å². The molecule has 3 aromatic rings. The molecule has 0 spiro atoms. The molecule has 3 aliphatic heterocycles. The Balaban J connectivity index is 1.36. The predicted octanol–water partition coefficient (Wildman–Crippen LogP) is 4.45. The number of nitrogens with one attached hydrogen (secondary N) is 1. The van der Waals surface area contributed by atoms with Gasteiger partial charge in [-0.25, -0.2) is 0 Å². The Morgan fingerprint density at radius 3 is 2.71 bits per heavy atom. The van der Waals surface area contributed by atoms with Crippen molar-refractivity contribution >= 4 is 16.8 Å². The maximum Gasteiger partial charge on any atom is 0.253 e. The third kappa shape index (κ3) is 4.98. The molecule has 34 heavy (non-hydrogen) atoms. The van der Waals surface area contributed by atoms with Crippen LogP contribution in [-0.2, 0) is 6.54 Å². The number of amides is 1. The van der Waals surface area contributed by atoms with E-state index >= 15 is 0 Å². The van der Waals surface area contributed by atoms with Crippen LogP contribution in [0.15, 0.2) is 54.7 Å². The van der Waals surface area contributed by atoms with E-state index in [1.54, 1.807) is 0 Å². The molecule has 180 valence electrons. The largest absolute Gasteiger partial charge is 0.491 e. The highest BCUT2D eigenvalue weighted by atomic mass is 16.5. The van der Waals surface area contributed by atoms with E-state index in [1.165, 1.54) is 5.56 Å². The van der Waals surface area contributed by atoms with Crippen LogP contribution >= 0.6 is 0 Å². The number of carbonyl (C=O) groups excluding carboxylic acids is 1. The average Bonchev–Trinajstić information content (AvgIpc) is 3.34. The number of H-pyrrole nitrogens is 1. The fourth-order valence-electron chi connectivity index (χ4n) is 5.44. The van der Waals surface area contributed by atoms with Crippen molar-refractivity contribution in [3.8, 4) is 5.75 Å². The van der Waals surface area contributed by atoms with Crippen LogP contribution in [0, 0.1) is 5.41 Å². The van der Waals surface area contributed by atoms with Crippen LogP contribution in [0.1, 0.15) is 48.0 Å². The molecular formula is C28H35N3O3. The second-order valence-corrected chi connectivity index (χ2v) is 9.92. The summed E-state index contributed by atoms with van der Waals surface area (Å²) in [7, 11) is 0. The summed E-state index contributed by atoms with van der Waals surface area (Å²) in [5, 5.41) is 11.3. The molecule has 4 heterocycles. The zero-order valence-corrected chi connectivity index (χ0v) is 19.8. The minimum Gasteiger partial charge on any atom is -0.491 e. The van der Waals surface area contributed by atoms with E-state index in [0.717, 1.165) is 68.4 Å². The zero-order valence-electron chi connectivity index (χ0n) is 19.8.